The van der Waals surface area contributed by atoms with Crippen molar-refractivity contribution in [2.24, 2.45) is 5.92 Å². The highest BCUT2D eigenvalue weighted by Crippen LogP contribution is 2.08. The molecule has 0 heterocycles. The number of nitrogens with one attached hydrogen (secondary N) is 1. The lowest BCUT2D eigenvalue weighted by atomic mass is 10.0. The Bertz CT molecular complexity index is 237. The van der Waals surface area contributed by atoms with Gasteiger partial charge >= 0.3 is 0 Å². The van der Waals surface area contributed by atoms with Crippen LogP contribution in [0.15, 0.2) is 0 Å². The summed E-state index contributed by atoms with van der Waals surface area (Å²) in [5.74, 6) is 0.594. The van der Waals surface area contributed by atoms with Gasteiger partial charge in [-0.1, -0.05) is 20.8 Å². The molecule has 4 heteroatoms. The molecular formula is C13H27N3O. The zero-order valence-electron chi connectivity index (χ0n) is 11.9. The molecule has 0 rings (SSSR count). The van der Waals surface area contributed by atoms with Crippen LogP contribution < -0.4 is 5.32 Å². The van der Waals surface area contributed by atoms with Crippen molar-refractivity contribution >= 4 is 0 Å². The van der Waals surface area contributed by atoms with Crippen molar-refractivity contribution in [1.29, 1.82) is 5.26 Å². The first-order valence-corrected chi connectivity index (χ1v) is 6.35. The smallest absolute Gasteiger partial charge is 0.116 e. The fourth-order valence-corrected chi connectivity index (χ4v) is 1.94. The van der Waals surface area contributed by atoms with Crippen molar-refractivity contribution in [2.75, 3.05) is 39.9 Å². The molecule has 4 nitrogen and oxygen atoms in total. The van der Waals surface area contributed by atoms with Crippen molar-refractivity contribution < 1.29 is 4.74 Å². The van der Waals surface area contributed by atoms with Gasteiger partial charge in [0.05, 0.1) is 12.7 Å². The Kier molecular flexibility index (Phi) is 8.15. The van der Waals surface area contributed by atoms with Crippen molar-refractivity contribution in [1.82, 2.24) is 10.2 Å². The third-order valence-electron chi connectivity index (χ3n) is 2.59. The summed E-state index contributed by atoms with van der Waals surface area (Å²) < 4.78 is 5.12. The molecule has 0 radical (unpaired) electrons. The average Bonchev–Trinajstić information content (AvgIpc) is 2.25. The second-order valence-corrected chi connectivity index (χ2v) is 5.10. The molecule has 0 amide bonds. The highest BCUT2D eigenvalue weighted by molar-refractivity contribution is 5.05. The first-order chi connectivity index (χ1) is 7.97. The molecule has 0 spiro atoms. The van der Waals surface area contributed by atoms with E-state index in [1.54, 1.807) is 7.11 Å². The van der Waals surface area contributed by atoms with E-state index in [-0.39, 0.29) is 0 Å². The third-order valence-corrected chi connectivity index (χ3v) is 2.59. The number of ether oxygens (including phenoxy) is 1. The average molecular weight is 241 g/mol. The molecular weight excluding hydrogens is 214 g/mol. The standard InChI is InChI=1S/C13H27N3O/c1-6-15-13(4,10-14)11-16(7-8-17-5)9-12(2)3/h12,15H,6-9,11H2,1-5H3. The Morgan fingerprint density at radius 2 is 2.12 bits per heavy atom. The molecule has 0 aliphatic rings. The van der Waals surface area contributed by atoms with E-state index in [2.05, 4.69) is 30.1 Å². The number of likely N-dealkylation sites (N-methyl/N-ethyl adjacent to an activating group) is 1. The molecule has 0 aromatic heterocycles. The second-order valence-electron chi connectivity index (χ2n) is 5.10. The number of nitrogens with zero attached hydrogens (tertiary/aromatic N) is 2. The quantitative estimate of drug-likeness (QED) is 0.664. The minimum atomic E-state index is -0.475. The summed E-state index contributed by atoms with van der Waals surface area (Å²) in [4.78, 5) is 2.29. The normalized spacial score (nSPS) is 14.9. The van der Waals surface area contributed by atoms with Crippen LogP contribution in [0.25, 0.3) is 0 Å². The van der Waals surface area contributed by atoms with E-state index in [9.17, 15) is 5.26 Å². The van der Waals surface area contributed by atoms with Gasteiger partial charge in [0.25, 0.3) is 0 Å². The number of methoxy groups -OCH3 is 1. The molecule has 0 aliphatic carbocycles. The largest absolute Gasteiger partial charge is 0.383 e. The highest BCUT2D eigenvalue weighted by Gasteiger charge is 2.25. The van der Waals surface area contributed by atoms with Crippen LogP contribution in [0.1, 0.15) is 27.7 Å². The van der Waals surface area contributed by atoms with Crippen molar-refractivity contribution in [3.8, 4) is 6.07 Å². The van der Waals surface area contributed by atoms with Gasteiger partial charge in [-0.05, 0) is 19.4 Å². The molecule has 0 aromatic carbocycles. The third kappa shape index (κ3) is 7.32. The van der Waals surface area contributed by atoms with E-state index in [4.69, 9.17) is 4.74 Å². The van der Waals surface area contributed by atoms with Crippen LogP contribution >= 0.6 is 0 Å². The van der Waals surface area contributed by atoms with Crippen molar-refractivity contribution in [2.45, 2.75) is 33.2 Å². The van der Waals surface area contributed by atoms with Crippen LogP contribution in [0.3, 0.4) is 0 Å². The predicted octanol–water partition coefficient (Wildman–Crippen LogP) is 1.48. The summed E-state index contributed by atoms with van der Waals surface area (Å²) in [6, 6.07) is 2.37. The zero-order chi connectivity index (χ0) is 13.3. The predicted molar refractivity (Wildman–Crippen MR) is 70.8 cm³/mol. The summed E-state index contributed by atoms with van der Waals surface area (Å²) in [6.07, 6.45) is 0. The maximum absolute atomic E-state index is 9.25. The molecule has 0 fully saturated rings. The number of nitriles is 1. The van der Waals surface area contributed by atoms with Gasteiger partial charge in [0.15, 0.2) is 0 Å². The van der Waals surface area contributed by atoms with E-state index >= 15 is 0 Å². The summed E-state index contributed by atoms with van der Waals surface area (Å²) in [7, 11) is 1.71. The number of rotatable bonds is 9. The SMILES string of the molecule is CCNC(C)(C#N)CN(CCOC)CC(C)C. The van der Waals surface area contributed by atoms with Gasteiger partial charge in [-0.25, -0.2) is 0 Å². The van der Waals surface area contributed by atoms with E-state index in [0.717, 1.165) is 26.2 Å². The Morgan fingerprint density at radius 3 is 2.53 bits per heavy atom. The van der Waals surface area contributed by atoms with Crippen LogP contribution in [-0.4, -0.2) is 50.3 Å². The van der Waals surface area contributed by atoms with Crippen molar-refractivity contribution in [3.05, 3.63) is 0 Å². The summed E-state index contributed by atoms with van der Waals surface area (Å²) in [5, 5.41) is 12.5. The Morgan fingerprint density at radius 1 is 1.47 bits per heavy atom. The summed E-state index contributed by atoms with van der Waals surface area (Å²) in [5.41, 5.74) is -0.475. The zero-order valence-corrected chi connectivity index (χ0v) is 11.9. The lowest BCUT2D eigenvalue weighted by molar-refractivity contribution is 0.126. The van der Waals surface area contributed by atoms with Gasteiger partial charge in [-0.2, -0.15) is 5.26 Å². The molecule has 17 heavy (non-hydrogen) atoms. The molecule has 1 unspecified atom stereocenters. The molecule has 0 bridgehead atoms. The molecule has 100 valence electrons. The first kappa shape index (κ1) is 16.4. The lowest BCUT2D eigenvalue weighted by Gasteiger charge is -2.32. The van der Waals surface area contributed by atoms with Crippen LogP contribution in [0.4, 0.5) is 0 Å². The number of hydrogen-bond donors (Lipinski definition) is 1. The van der Waals surface area contributed by atoms with Gasteiger partial charge in [-0.3, -0.25) is 10.2 Å². The highest BCUT2D eigenvalue weighted by atomic mass is 16.5. The second kappa shape index (κ2) is 8.46. The van der Waals surface area contributed by atoms with Crippen LogP contribution in [0.5, 0.6) is 0 Å². The maximum Gasteiger partial charge on any atom is 0.116 e. The van der Waals surface area contributed by atoms with Crippen LogP contribution in [0.2, 0.25) is 0 Å². The van der Waals surface area contributed by atoms with Gasteiger partial charge in [0.2, 0.25) is 0 Å². The fraction of sp³-hybridized carbons (Fsp3) is 0.923. The number of hydrogen-bond acceptors (Lipinski definition) is 4. The molecule has 0 aliphatic heterocycles. The van der Waals surface area contributed by atoms with Crippen LogP contribution in [0, 0.1) is 17.2 Å². The van der Waals surface area contributed by atoms with Gasteiger partial charge in [0, 0.05) is 26.7 Å². The molecule has 0 saturated heterocycles. The molecule has 0 saturated carbocycles. The molecule has 0 aromatic rings. The molecule has 1 N–H and O–H groups in total. The summed E-state index contributed by atoms with van der Waals surface area (Å²) in [6.45, 7) is 12.5. The minimum absolute atomic E-state index is 0.475. The van der Waals surface area contributed by atoms with Crippen LogP contribution in [-0.2, 0) is 4.74 Å². The van der Waals surface area contributed by atoms with Crippen molar-refractivity contribution in [3.63, 3.8) is 0 Å². The van der Waals surface area contributed by atoms with E-state index in [1.807, 2.05) is 13.8 Å². The minimum Gasteiger partial charge on any atom is -0.383 e. The van der Waals surface area contributed by atoms with Gasteiger partial charge < -0.3 is 4.74 Å². The Labute approximate surface area is 106 Å². The van der Waals surface area contributed by atoms with E-state index in [0.29, 0.717) is 12.5 Å². The van der Waals surface area contributed by atoms with E-state index in [1.165, 1.54) is 0 Å². The fourth-order valence-electron chi connectivity index (χ4n) is 1.94. The summed E-state index contributed by atoms with van der Waals surface area (Å²) >= 11 is 0. The Balaban J connectivity index is 4.42. The van der Waals surface area contributed by atoms with Gasteiger partial charge in [-0.15, -0.1) is 0 Å². The molecule has 1 atom stereocenters. The lowest BCUT2D eigenvalue weighted by Crippen LogP contribution is -2.51. The van der Waals surface area contributed by atoms with E-state index < -0.39 is 5.54 Å². The maximum atomic E-state index is 9.25. The first-order valence-electron chi connectivity index (χ1n) is 6.35. The topological polar surface area (TPSA) is 48.3 Å². The monoisotopic (exact) mass is 241 g/mol. The Hall–Kier alpha value is -0.630. The van der Waals surface area contributed by atoms with Gasteiger partial charge in [0.1, 0.15) is 5.54 Å².